The summed E-state index contributed by atoms with van der Waals surface area (Å²) in [6.07, 6.45) is 0. The summed E-state index contributed by atoms with van der Waals surface area (Å²) in [6, 6.07) is 6.20. The van der Waals surface area contributed by atoms with Crippen LogP contribution in [-0.2, 0) is 24.3 Å². The van der Waals surface area contributed by atoms with Gasteiger partial charge in [-0.1, -0.05) is 17.7 Å². The second-order valence-corrected chi connectivity index (χ2v) is 7.86. The van der Waals surface area contributed by atoms with Crippen molar-refractivity contribution < 1.29 is 22.7 Å². The fourth-order valence-corrected chi connectivity index (χ4v) is 2.58. The molecule has 0 aliphatic heterocycles. The lowest BCUT2D eigenvalue weighted by molar-refractivity contribution is -0.147. The van der Waals surface area contributed by atoms with E-state index >= 15 is 0 Å². The Balaban J connectivity index is 2.46. The maximum Gasteiger partial charge on any atom is 0.321 e. The molecule has 0 spiro atoms. The van der Waals surface area contributed by atoms with Gasteiger partial charge in [-0.15, -0.1) is 0 Å². The SMILES string of the molecule is Cc1ccc(S(=O)(=O)NCC(=O)OCC(=O)NC(C)(C)C)cc1. The molecule has 1 aromatic rings. The van der Waals surface area contributed by atoms with Crippen LogP contribution in [-0.4, -0.2) is 39.0 Å². The Hall–Kier alpha value is -1.93. The maximum atomic E-state index is 12.0. The molecule has 0 aromatic heterocycles. The number of esters is 1. The van der Waals surface area contributed by atoms with Crippen molar-refractivity contribution >= 4 is 21.9 Å². The minimum Gasteiger partial charge on any atom is -0.455 e. The molecule has 0 fully saturated rings. The summed E-state index contributed by atoms with van der Waals surface area (Å²) in [5.74, 6) is -1.28. The van der Waals surface area contributed by atoms with Gasteiger partial charge in [0.1, 0.15) is 6.54 Å². The first kappa shape index (κ1) is 19.1. The van der Waals surface area contributed by atoms with Crippen LogP contribution in [0.2, 0.25) is 0 Å². The van der Waals surface area contributed by atoms with Gasteiger partial charge in [-0.05, 0) is 39.8 Å². The number of benzene rings is 1. The smallest absolute Gasteiger partial charge is 0.321 e. The molecule has 8 heteroatoms. The molecule has 23 heavy (non-hydrogen) atoms. The van der Waals surface area contributed by atoms with Crippen LogP contribution in [0.3, 0.4) is 0 Å². The molecule has 0 aliphatic carbocycles. The summed E-state index contributed by atoms with van der Waals surface area (Å²) in [4.78, 5) is 23.1. The Morgan fingerprint density at radius 1 is 1.13 bits per heavy atom. The summed E-state index contributed by atoms with van der Waals surface area (Å²) in [6.45, 7) is 6.22. The number of carbonyl (C=O) groups excluding carboxylic acids is 2. The van der Waals surface area contributed by atoms with Crippen molar-refractivity contribution in [3.63, 3.8) is 0 Å². The number of carbonyl (C=O) groups is 2. The van der Waals surface area contributed by atoms with Crippen LogP contribution in [0.1, 0.15) is 26.3 Å². The zero-order valence-corrected chi connectivity index (χ0v) is 14.5. The average molecular weight is 342 g/mol. The van der Waals surface area contributed by atoms with E-state index in [-0.39, 0.29) is 4.90 Å². The summed E-state index contributed by atoms with van der Waals surface area (Å²) >= 11 is 0. The summed E-state index contributed by atoms with van der Waals surface area (Å²) in [5.41, 5.74) is 0.490. The van der Waals surface area contributed by atoms with Crippen LogP contribution in [0, 0.1) is 6.92 Å². The lowest BCUT2D eigenvalue weighted by Gasteiger charge is -2.20. The van der Waals surface area contributed by atoms with Gasteiger partial charge in [0.25, 0.3) is 5.91 Å². The first-order chi connectivity index (χ1) is 10.5. The molecular weight excluding hydrogens is 320 g/mol. The van der Waals surface area contributed by atoms with E-state index in [0.717, 1.165) is 5.56 Å². The quantitative estimate of drug-likeness (QED) is 0.742. The second kappa shape index (κ2) is 7.56. The predicted molar refractivity (Wildman–Crippen MR) is 85.2 cm³/mol. The van der Waals surface area contributed by atoms with Crippen molar-refractivity contribution in [2.75, 3.05) is 13.2 Å². The van der Waals surface area contributed by atoms with E-state index in [9.17, 15) is 18.0 Å². The van der Waals surface area contributed by atoms with Gasteiger partial charge in [-0.25, -0.2) is 8.42 Å². The van der Waals surface area contributed by atoms with Gasteiger partial charge >= 0.3 is 5.97 Å². The molecule has 1 rings (SSSR count). The molecule has 1 amide bonds. The summed E-state index contributed by atoms with van der Waals surface area (Å²) in [5, 5.41) is 2.62. The molecule has 128 valence electrons. The molecule has 7 nitrogen and oxygen atoms in total. The monoisotopic (exact) mass is 342 g/mol. The van der Waals surface area contributed by atoms with Gasteiger partial charge in [-0.2, -0.15) is 4.72 Å². The topological polar surface area (TPSA) is 102 Å². The molecule has 0 bridgehead atoms. The lowest BCUT2D eigenvalue weighted by Crippen LogP contribution is -2.43. The third kappa shape index (κ3) is 7.25. The van der Waals surface area contributed by atoms with Crippen molar-refractivity contribution in [2.45, 2.75) is 38.1 Å². The Labute approximate surface area is 136 Å². The van der Waals surface area contributed by atoms with E-state index in [1.54, 1.807) is 32.9 Å². The van der Waals surface area contributed by atoms with E-state index in [2.05, 4.69) is 10.0 Å². The molecule has 0 aliphatic rings. The molecule has 2 N–H and O–H groups in total. The number of amides is 1. The van der Waals surface area contributed by atoms with Crippen LogP contribution >= 0.6 is 0 Å². The molecule has 0 saturated heterocycles. The van der Waals surface area contributed by atoms with Crippen molar-refractivity contribution in [1.29, 1.82) is 0 Å². The minimum atomic E-state index is -3.79. The fourth-order valence-electron chi connectivity index (χ4n) is 1.61. The third-order valence-electron chi connectivity index (χ3n) is 2.62. The van der Waals surface area contributed by atoms with Gasteiger partial charge in [0.15, 0.2) is 6.61 Å². The highest BCUT2D eigenvalue weighted by atomic mass is 32.2. The van der Waals surface area contributed by atoms with E-state index in [1.165, 1.54) is 12.1 Å². The average Bonchev–Trinajstić information content (AvgIpc) is 2.41. The molecule has 0 unspecified atom stereocenters. The van der Waals surface area contributed by atoms with E-state index in [1.807, 2.05) is 6.92 Å². The summed E-state index contributed by atoms with van der Waals surface area (Å²) in [7, 11) is -3.79. The molecule has 0 heterocycles. The van der Waals surface area contributed by atoms with Gasteiger partial charge in [0.05, 0.1) is 4.90 Å². The fraction of sp³-hybridized carbons (Fsp3) is 0.467. The van der Waals surface area contributed by atoms with E-state index in [0.29, 0.717) is 0 Å². The molecule has 0 atom stereocenters. The number of aryl methyl sites for hydroxylation is 1. The number of ether oxygens (including phenoxy) is 1. The third-order valence-corrected chi connectivity index (χ3v) is 4.03. The van der Waals surface area contributed by atoms with E-state index in [4.69, 9.17) is 4.74 Å². The zero-order chi connectivity index (χ0) is 17.7. The van der Waals surface area contributed by atoms with Crippen molar-refractivity contribution in [1.82, 2.24) is 10.0 Å². The van der Waals surface area contributed by atoms with Crippen molar-refractivity contribution in [2.24, 2.45) is 0 Å². The number of nitrogens with one attached hydrogen (secondary N) is 2. The second-order valence-electron chi connectivity index (χ2n) is 6.10. The molecule has 0 radical (unpaired) electrons. The highest BCUT2D eigenvalue weighted by molar-refractivity contribution is 7.89. The van der Waals surface area contributed by atoms with E-state index < -0.39 is 40.6 Å². The number of hydrogen-bond acceptors (Lipinski definition) is 5. The largest absolute Gasteiger partial charge is 0.455 e. The van der Waals surface area contributed by atoms with Gasteiger partial charge in [0, 0.05) is 5.54 Å². The number of sulfonamides is 1. The molecular formula is C15H22N2O5S. The van der Waals surface area contributed by atoms with Crippen LogP contribution in [0.15, 0.2) is 29.2 Å². The van der Waals surface area contributed by atoms with Crippen molar-refractivity contribution in [3.05, 3.63) is 29.8 Å². The van der Waals surface area contributed by atoms with Crippen LogP contribution in [0.5, 0.6) is 0 Å². The first-order valence-electron chi connectivity index (χ1n) is 7.02. The Morgan fingerprint density at radius 3 is 2.22 bits per heavy atom. The van der Waals surface area contributed by atoms with Gasteiger partial charge in [0.2, 0.25) is 10.0 Å². The Bertz CT molecular complexity index is 660. The standard InChI is InChI=1S/C15H22N2O5S/c1-11-5-7-12(8-6-11)23(20,21)16-9-14(19)22-10-13(18)17-15(2,3)4/h5-8,16H,9-10H2,1-4H3,(H,17,18). The Morgan fingerprint density at radius 2 is 1.70 bits per heavy atom. The number of hydrogen-bond donors (Lipinski definition) is 2. The Kier molecular flexibility index (Phi) is 6.28. The normalized spacial score (nSPS) is 11.8. The van der Waals surface area contributed by atoms with Crippen molar-refractivity contribution in [3.8, 4) is 0 Å². The maximum absolute atomic E-state index is 12.0. The predicted octanol–water partition coefficient (Wildman–Crippen LogP) is 0.731. The van der Waals surface area contributed by atoms with Gasteiger partial charge < -0.3 is 10.1 Å². The highest BCUT2D eigenvalue weighted by Gasteiger charge is 2.18. The zero-order valence-electron chi connectivity index (χ0n) is 13.7. The lowest BCUT2D eigenvalue weighted by atomic mass is 10.1. The number of rotatable bonds is 6. The summed E-state index contributed by atoms with van der Waals surface area (Å²) < 4.78 is 30.8. The van der Waals surface area contributed by atoms with Crippen LogP contribution < -0.4 is 10.0 Å². The minimum absolute atomic E-state index is 0.0568. The first-order valence-corrected chi connectivity index (χ1v) is 8.51. The van der Waals surface area contributed by atoms with Gasteiger partial charge in [-0.3, -0.25) is 9.59 Å². The van der Waals surface area contributed by atoms with Crippen LogP contribution in [0.4, 0.5) is 0 Å². The van der Waals surface area contributed by atoms with Crippen LogP contribution in [0.25, 0.3) is 0 Å². The molecule has 0 saturated carbocycles. The molecule has 1 aromatic carbocycles. The highest BCUT2D eigenvalue weighted by Crippen LogP contribution is 2.09.